The van der Waals surface area contributed by atoms with E-state index in [0.717, 1.165) is 0 Å². The SMILES string of the molecule is [Ge].[Ge].[K+].[K+].[K+].[K+].[K+].[K+].[K+].[O-2].[O-2].[O-2].[O-2].[O-2].[O-2].[O-2].[O-2].[O-2].[O-2].[O-2].[O-2].[O-2].[O-2].[O-2].[O-2].[O-2].[O-2].[O-2].[O-2].[O-2].[O-2].[O-2].[O-2].[O-2].[O-2].[O-2].[O-2].[O-2].[O-2].[O-2].[O-2].[O-2].[O-2].[O-2].[O-2].[O-2].[O-2].[O-2].[O-2].[O-2].[O-2].[O-2].[O-2].[O-2].[O-2].[O-2].[O-2].[O-2].[O-2].[O-2].[O-2].[O-2].[O-2].[O-2].[O-2].[O-2].[O-2].[O-2].[O-2].[O-2].[O-2].[O-2].[O-2].[O-2].[O-2].[O-2].[O-2].[O-2].[O-2].[O-2].[O-2].[O-2].[O-2].[O-2].[O-2].[O-2].[Ti+4].[Ti+4].[Ti+4].[Ti+4].[Ti+4].[Ti+4].[W].[W].[W].[W].[W].[W].[W].[W].[W].[W].[W].[W].[W].[W].[W].[W].[W].[W]. The van der Waals surface area contributed by atoms with Gasteiger partial charge in [0.05, 0.1) is 0 Å². The van der Waals surface area contributed by atoms with E-state index in [1.807, 2.05) is 0 Å². The van der Waals surface area contributed by atoms with Gasteiger partial charge < -0.3 is 422 Å². The standard InChI is InChI=1S/2Ge.7K.77O.6Ti.18W/q;;7*+1;77*-2;6*+4;;;;;;;;;;;;;;;;;;. The summed E-state index contributed by atoms with van der Waals surface area (Å²) >= 11 is 0. The Bertz CT molecular complexity index is 151. The summed E-state index contributed by atoms with van der Waals surface area (Å²) in [5.74, 6) is 0. The zero-order valence-electron chi connectivity index (χ0n) is 49.8. The first-order chi connectivity index (χ1) is 0. The van der Waals surface area contributed by atoms with Crippen molar-refractivity contribution < 1.29 is 1290 Å². The van der Waals surface area contributed by atoms with Crippen LogP contribution in [0.3, 0.4) is 0 Å². The molecule has 0 spiro atoms. The van der Waals surface area contributed by atoms with Crippen LogP contribution in [0.1, 0.15) is 0 Å². The topological polar surface area (TPSA) is 2190 Å². The van der Waals surface area contributed by atoms with Crippen molar-refractivity contribution in [1.29, 1.82) is 0 Å². The summed E-state index contributed by atoms with van der Waals surface area (Å²) in [6.07, 6.45) is 0. The first-order valence-electron chi connectivity index (χ1n) is 0. The zero-order chi connectivity index (χ0) is 0. The Morgan fingerprint density at radius 3 is 0.0455 bits per heavy atom. The van der Waals surface area contributed by atoms with Crippen LogP contribution >= 0.6 is 0 Å². The molecule has 0 aliphatic rings. The van der Waals surface area contributed by atoms with Crippen molar-refractivity contribution in [3.8, 4) is 0 Å². The van der Waals surface area contributed by atoms with E-state index in [2.05, 4.69) is 0 Å². The Balaban J connectivity index is 0. The molecule has 0 aromatic rings. The molecule has 0 heterocycles. The summed E-state index contributed by atoms with van der Waals surface area (Å²) in [5.41, 5.74) is 0. The van der Waals surface area contributed by atoms with Crippen molar-refractivity contribution in [2.75, 3.05) is 0 Å². The second-order valence-corrected chi connectivity index (χ2v) is 0. The second kappa shape index (κ2) is 3560. The van der Waals surface area contributed by atoms with Gasteiger partial charge in [0.2, 0.25) is 0 Å². The Labute approximate surface area is 1290 Å². The quantitative estimate of drug-likeness (QED) is 0.204. The van der Waals surface area contributed by atoms with Crippen molar-refractivity contribution in [3.63, 3.8) is 0 Å². The van der Waals surface area contributed by atoms with Crippen molar-refractivity contribution in [2.24, 2.45) is 0 Å². The van der Waals surface area contributed by atoms with Gasteiger partial charge in [-0.15, -0.1) is 0 Å². The van der Waals surface area contributed by atoms with Crippen LogP contribution in [0.25, 0.3) is 0 Å². The smallest absolute Gasteiger partial charge is 2.00 e. The second-order valence-electron chi connectivity index (χ2n) is 0. The van der Waals surface area contributed by atoms with E-state index in [-0.39, 0.29) is 1330 Å². The summed E-state index contributed by atoms with van der Waals surface area (Å²) in [5, 5.41) is 0. The summed E-state index contributed by atoms with van der Waals surface area (Å²) in [4.78, 5) is 0. The van der Waals surface area contributed by atoms with Crippen LogP contribution in [-0.4, -0.2) is 35.2 Å². The fraction of sp³-hybridized carbons (Fsp3) is 0. The van der Waals surface area contributed by atoms with Gasteiger partial charge in [-0.1, -0.05) is 0 Å². The molecule has 0 fully saturated rings. The molecule has 0 saturated heterocycles. The van der Waals surface area contributed by atoms with Crippen LogP contribution in [0.5, 0.6) is 0 Å². The van der Waals surface area contributed by atoms with Gasteiger partial charge in [-0.2, -0.15) is 0 Å². The van der Waals surface area contributed by atoms with E-state index in [0.29, 0.717) is 0 Å². The first kappa shape index (κ1) is 3640. The maximum Gasteiger partial charge on any atom is 4.00 e. The maximum absolute atomic E-state index is 0. The van der Waals surface area contributed by atoms with Gasteiger partial charge >= 0.3 is 490 Å². The van der Waals surface area contributed by atoms with Gasteiger partial charge in [-0.05, 0) is 0 Å². The molecule has 8 radical (unpaired) electrons. The minimum Gasteiger partial charge on any atom is -2.00 e. The molecule has 110 heavy (non-hydrogen) atoms. The van der Waals surface area contributed by atoms with E-state index in [1.54, 1.807) is 0 Å². The Hall–Kier alpha value is 26.1. The van der Waals surface area contributed by atoms with E-state index >= 15 is 0 Å². The van der Waals surface area contributed by atoms with Gasteiger partial charge in [0.15, 0.2) is 0 Å². The van der Waals surface area contributed by atoms with E-state index in [1.165, 1.54) is 0 Å². The van der Waals surface area contributed by atoms with Gasteiger partial charge in [-0.25, -0.2) is 0 Å². The molecule has 0 saturated carbocycles. The predicted molar refractivity (Wildman–Crippen MR) is 64.4 cm³/mol. The molecule has 0 amide bonds. The van der Waals surface area contributed by atoms with Crippen LogP contribution in [0.2, 0.25) is 0 Å². The molecule has 0 aliphatic heterocycles. The molecule has 0 rings (SSSR count). The molecular weight excluding hydrogens is 5250 g/mol. The van der Waals surface area contributed by atoms with Crippen molar-refractivity contribution >= 4 is 35.2 Å². The minimum atomic E-state index is 0. The average Bonchev–Trinajstić information content (AvgIpc) is 0. The summed E-state index contributed by atoms with van der Waals surface area (Å²) in [6, 6.07) is 0. The number of rotatable bonds is 0. The summed E-state index contributed by atoms with van der Waals surface area (Å²) in [7, 11) is 0. The Morgan fingerprint density at radius 2 is 0.0455 bits per heavy atom. The van der Waals surface area contributed by atoms with E-state index < -0.39 is 0 Å². The first-order valence-corrected chi connectivity index (χ1v) is 0. The average molecular weight is 5250 g/mol. The minimum absolute atomic E-state index is 0. The largest absolute Gasteiger partial charge is 4.00 e. The third-order valence-electron chi connectivity index (χ3n) is 0. The molecule has 732 valence electrons. The van der Waals surface area contributed by atoms with Crippen LogP contribution < -0.4 is 360 Å². The molecule has 77 nitrogen and oxygen atoms in total. The van der Waals surface area contributed by atoms with Crippen molar-refractivity contribution in [1.82, 2.24) is 0 Å². The maximum atomic E-state index is 0. The van der Waals surface area contributed by atoms with Crippen LogP contribution in [0.15, 0.2) is 0 Å². The van der Waals surface area contributed by atoms with Crippen LogP contribution in [0, 0.1) is 0 Å². The van der Waals surface area contributed by atoms with Crippen molar-refractivity contribution in [2.45, 2.75) is 0 Å². The third kappa shape index (κ3) is 3480. The van der Waals surface area contributed by atoms with Gasteiger partial charge in [0.1, 0.15) is 0 Å². The molecule has 0 unspecified atom stereocenters. The monoisotopic (exact) mass is 5250 g/mol. The van der Waals surface area contributed by atoms with Gasteiger partial charge in [-0.3, -0.25) is 0 Å². The zero-order valence-corrected chi connectivity index (χ0v) is 138. The van der Waals surface area contributed by atoms with E-state index in [9.17, 15) is 0 Å². The fourth-order valence-corrected chi connectivity index (χ4v) is 0. The summed E-state index contributed by atoms with van der Waals surface area (Å²) in [6.45, 7) is 0. The van der Waals surface area contributed by atoms with Crippen LogP contribution in [0.4, 0.5) is 0 Å². The van der Waals surface area contributed by atoms with Gasteiger partial charge in [0.25, 0.3) is 0 Å². The normalized spacial score (nSPS) is 0. The van der Waals surface area contributed by atoms with E-state index in [4.69, 9.17) is 0 Å². The Morgan fingerprint density at radius 1 is 0.0455 bits per heavy atom. The molecule has 0 N–H and O–H groups in total. The predicted octanol–water partition coefficient (Wildman–Crippen LogP) is -30.9. The fourth-order valence-electron chi connectivity index (χ4n) is 0. The molecule has 110 heteroatoms. The van der Waals surface area contributed by atoms with Crippen LogP contribution in [-0.2, 0) is 931 Å². The van der Waals surface area contributed by atoms with Gasteiger partial charge in [0, 0.05) is 414 Å². The summed E-state index contributed by atoms with van der Waals surface area (Å²) < 4.78 is 0. The number of hydrogen-bond donors (Lipinski definition) is 0. The Kier molecular flexibility index (Phi) is 118000. The molecule has 0 bridgehead atoms. The van der Waals surface area contributed by atoms with Crippen molar-refractivity contribution in [3.05, 3.63) is 0 Å². The molecule has 0 aromatic heterocycles. The number of hydrogen-bond acceptors (Lipinski definition) is 0. The molecule has 0 aromatic carbocycles. The third-order valence-corrected chi connectivity index (χ3v) is 0. The molecule has 0 atom stereocenters. The molecule has 0 aliphatic carbocycles. The molecular formula is Ge2K7O77Ti6W18-123.